The highest BCUT2D eigenvalue weighted by molar-refractivity contribution is 6.36. The minimum Gasteiger partial charge on any atom is -0.364 e. The van der Waals surface area contributed by atoms with E-state index in [1.165, 1.54) is 30.2 Å². The van der Waals surface area contributed by atoms with Crippen LogP contribution in [0.5, 0.6) is 0 Å². The molecular formula is C17H14ClN3O4. The Morgan fingerprint density at radius 3 is 2.72 bits per heavy atom. The lowest BCUT2D eigenvalue weighted by atomic mass is 9.99. The lowest BCUT2D eigenvalue weighted by molar-refractivity contribution is -0.384. The van der Waals surface area contributed by atoms with E-state index in [1.807, 2.05) is 0 Å². The number of carbonyl (C=O) groups excluding carboxylic acids is 1. The lowest BCUT2D eigenvalue weighted by Gasteiger charge is -2.22. The number of hydrogen-bond acceptors (Lipinski definition) is 5. The van der Waals surface area contributed by atoms with Gasteiger partial charge in [0.25, 0.3) is 11.6 Å². The fourth-order valence-electron chi connectivity index (χ4n) is 2.67. The number of benzene rings is 2. The molecule has 0 saturated carbocycles. The van der Waals surface area contributed by atoms with Crippen LogP contribution in [0.3, 0.4) is 0 Å². The number of anilines is 1. The number of rotatable bonds is 4. The van der Waals surface area contributed by atoms with E-state index in [9.17, 15) is 14.9 Å². The van der Waals surface area contributed by atoms with Gasteiger partial charge in [-0.1, -0.05) is 29.8 Å². The van der Waals surface area contributed by atoms with Crippen LogP contribution in [0.2, 0.25) is 5.02 Å². The highest BCUT2D eigenvalue weighted by atomic mass is 35.5. The van der Waals surface area contributed by atoms with Crippen LogP contribution in [0.4, 0.5) is 11.4 Å². The van der Waals surface area contributed by atoms with Crippen LogP contribution in [0.25, 0.3) is 0 Å². The van der Waals surface area contributed by atoms with Gasteiger partial charge in [0.15, 0.2) is 0 Å². The van der Waals surface area contributed by atoms with Gasteiger partial charge in [0, 0.05) is 35.4 Å². The number of hydrogen-bond donors (Lipinski definition) is 0. The van der Waals surface area contributed by atoms with Crippen LogP contribution in [0, 0.1) is 10.1 Å². The molecule has 1 aliphatic rings. The molecule has 0 spiro atoms. The predicted octanol–water partition coefficient (Wildman–Crippen LogP) is 3.04. The summed E-state index contributed by atoms with van der Waals surface area (Å²) in [6, 6.07) is 11.3. The maximum Gasteiger partial charge on any atom is 0.270 e. The summed E-state index contributed by atoms with van der Waals surface area (Å²) in [5.74, 6) is -0.265. The van der Waals surface area contributed by atoms with E-state index < -0.39 is 4.92 Å². The number of nitro benzene ring substituents is 1. The van der Waals surface area contributed by atoms with Crippen LogP contribution in [-0.4, -0.2) is 36.9 Å². The summed E-state index contributed by atoms with van der Waals surface area (Å²) in [5, 5.41) is 11.6. The van der Waals surface area contributed by atoms with E-state index in [2.05, 4.69) is 4.99 Å². The zero-order valence-electron chi connectivity index (χ0n) is 13.3. The lowest BCUT2D eigenvalue weighted by Crippen LogP contribution is -2.34. The van der Waals surface area contributed by atoms with Crippen molar-refractivity contribution in [3.05, 3.63) is 68.7 Å². The van der Waals surface area contributed by atoms with E-state index in [1.54, 1.807) is 24.3 Å². The smallest absolute Gasteiger partial charge is 0.270 e. The quantitative estimate of drug-likeness (QED) is 0.620. The van der Waals surface area contributed by atoms with Crippen molar-refractivity contribution in [3.8, 4) is 0 Å². The third kappa shape index (κ3) is 3.24. The summed E-state index contributed by atoms with van der Waals surface area (Å²) in [4.78, 5) is 28.9. The number of nitro groups is 1. The Kier molecular flexibility index (Phi) is 4.78. The number of amides is 1. The van der Waals surface area contributed by atoms with Crippen LogP contribution in [-0.2, 0) is 9.53 Å². The number of nitrogens with zero attached hydrogens (tertiary/aromatic N) is 3. The zero-order chi connectivity index (χ0) is 18.0. The predicted molar refractivity (Wildman–Crippen MR) is 94.4 cm³/mol. The van der Waals surface area contributed by atoms with Crippen molar-refractivity contribution in [2.24, 2.45) is 4.99 Å². The van der Waals surface area contributed by atoms with E-state index in [0.29, 0.717) is 27.5 Å². The summed E-state index contributed by atoms with van der Waals surface area (Å²) in [6.07, 6.45) is 0. The third-order valence-electron chi connectivity index (χ3n) is 3.80. The molecule has 0 aromatic heterocycles. The average molecular weight is 360 g/mol. The van der Waals surface area contributed by atoms with Gasteiger partial charge in [-0.25, -0.2) is 0 Å². The first kappa shape index (κ1) is 17.1. The van der Waals surface area contributed by atoms with E-state index in [0.717, 1.165) is 0 Å². The molecule has 128 valence electrons. The number of benzodiazepines with no additional fused rings is 1. The Morgan fingerprint density at radius 2 is 2.04 bits per heavy atom. The average Bonchev–Trinajstić information content (AvgIpc) is 2.73. The molecule has 0 unspecified atom stereocenters. The first-order valence-electron chi connectivity index (χ1n) is 7.40. The Morgan fingerprint density at radius 1 is 1.28 bits per heavy atom. The Labute approximate surface area is 148 Å². The van der Waals surface area contributed by atoms with Crippen molar-refractivity contribution in [1.29, 1.82) is 0 Å². The zero-order valence-corrected chi connectivity index (χ0v) is 14.1. The van der Waals surface area contributed by atoms with Gasteiger partial charge in [-0.3, -0.25) is 24.8 Å². The third-order valence-corrected chi connectivity index (χ3v) is 4.13. The Balaban J connectivity index is 2.25. The maximum atomic E-state index is 12.4. The van der Waals surface area contributed by atoms with E-state index in [4.69, 9.17) is 16.3 Å². The van der Waals surface area contributed by atoms with Gasteiger partial charge in [0.2, 0.25) is 0 Å². The summed E-state index contributed by atoms with van der Waals surface area (Å²) in [7, 11) is 1.47. The van der Waals surface area contributed by atoms with Crippen molar-refractivity contribution < 1.29 is 14.5 Å². The fraction of sp³-hybridized carbons (Fsp3) is 0.176. The van der Waals surface area contributed by atoms with Crippen molar-refractivity contribution in [1.82, 2.24) is 0 Å². The molecular weight excluding hydrogens is 346 g/mol. The minimum absolute atomic E-state index is 0.0228. The van der Waals surface area contributed by atoms with Gasteiger partial charge >= 0.3 is 0 Å². The normalized spacial score (nSPS) is 13.9. The minimum atomic E-state index is -0.488. The summed E-state index contributed by atoms with van der Waals surface area (Å²) in [6.45, 7) is -0.0820. The highest BCUT2D eigenvalue weighted by Gasteiger charge is 2.27. The second kappa shape index (κ2) is 7.00. The number of methoxy groups -OCH3 is 1. The molecule has 2 aromatic rings. The van der Waals surface area contributed by atoms with Crippen LogP contribution >= 0.6 is 11.6 Å². The maximum absolute atomic E-state index is 12.4. The molecule has 0 aliphatic carbocycles. The van der Waals surface area contributed by atoms with Gasteiger partial charge in [-0.05, 0) is 12.1 Å². The number of halogens is 1. The molecule has 0 N–H and O–H groups in total. The largest absolute Gasteiger partial charge is 0.364 e. The number of non-ortho nitro benzene ring substituents is 1. The van der Waals surface area contributed by atoms with Crippen LogP contribution in [0.1, 0.15) is 11.1 Å². The van der Waals surface area contributed by atoms with E-state index in [-0.39, 0.29) is 24.9 Å². The molecule has 8 heteroatoms. The van der Waals surface area contributed by atoms with Gasteiger partial charge in [0.05, 0.1) is 16.3 Å². The second-order valence-electron chi connectivity index (χ2n) is 5.34. The van der Waals surface area contributed by atoms with Crippen LogP contribution in [0.15, 0.2) is 47.5 Å². The molecule has 0 radical (unpaired) electrons. The fourth-order valence-corrected chi connectivity index (χ4v) is 2.89. The molecule has 0 bridgehead atoms. The number of carbonyl (C=O) groups is 1. The Hall–Kier alpha value is -2.77. The molecule has 2 aromatic carbocycles. The molecule has 1 aliphatic heterocycles. The SMILES string of the molecule is COCN1C(=O)CN=C(c2ccccc2Cl)c2cc([N+](=O)[O-])ccc21. The molecule has 1 amide bonds. The number of aliphatic imine (C=N–C) groups is 1. The van der Waals surface area contributed by atoms with Crippen molar-refractivity contribution >= 4 is 34.6 Å². The first-order chi connectivity index (χ1) is 12.0. The summed E-state index contributed by atoms with van der Waals surface area (Å²) in [5.41, 5.74) is 1.92. The van der Waals surface area contributed by atoms with E-state index >= 15 is 0 Å². The Bertz CT molecular complexity index is 882. The molecule has 0 saturated heterocycles. The second-order valence-corrected chi connectivity index (χ2v) is 5.75. The van der Waals surface area contributed by atoms with Gasteiger partial charge in [0.1, 0.15) is 13.3 Å². The number of fused-ring (bicyclic) bond motifs is 1. The van der Waals surface area contributed by atoms with Crippen LogP contribution < -0.4 is 4.90 Å². The summed E-state index contributed by atoms with van der Waals surface area (Å²) < 4.78 is 5.10. The summed E-state index contributed by atoms with van der Waals surface area (Å²) >= 11 is 6.28. The molecule has 1 heterocycles. The topological polar surface area (TPSA) is 85.0 Å². The highest BCUT2D eigenvalue weighted by Crippen LogP contribution is 2.32. The molecule has 0 fully saturated rings. The van der Waals surface area contributed by atoms with Gasteiger partial charge < -0.3 is 4.74 Å². The molecule has 0 atom stereocenters. The van der Waals surface area contributed by atoms with Crippen molar-refractivity contribution in [2.75, 3.05) is 25.3 Å². The molecule has 7 nitrogen and oxygen atoms in total. The molecule has 25 heavy (non-hydrogen) atoms. The molecule has 3 rings (SSSR count). The monoisotopic (exact) mass is 359 g/mol. The number of ether oxygens (including phenoxy) is 1. The van der Waals surface area contributed by atoms with Gasteiger partial charge in [-0.2, -0.15) is 0 Å². The van der Waals surface area contributed by atoms with Crippen molar-refractivity contribution in [2.45, 2.75) is 0 Å². The first-order valence-corrected chi connectivity index (χ1v) is 7.78. The van der Waals surface area contributed by atoms with Crippen molar-refractivity contribution in [3.63, 3.8) is 0 Å². The van der Waals surface area contributed by atoms with Gasteiger partial charge in [-0.15, -0.1) is 0 Å². The standard InChI is InChI=1S/C17H14ClN3O4/c1-25-10-20-15-7-6-11(21(23)24)8-13(15)17(19-9-16(20)22)12-4-2-3-5-14(12)18/h2-8H,9-10H2,1H3.